The molecule has 1 amide bonds. The molecule has 168 valence electrons. The highest BCUT2D eigenvalue weighted by Crippen LogP contribution is 2.31. The zero-order valence-electron chi connectivity index (χ0n) is 18.4. The van der Waals surface area contributed by atoms with Gasteiger partial charge in [-0.15, -0.1) is 0 Å². The summed E-state index contributed by atoms with van der Waals surface area (Å²) in [6.07, 6.45) is -1.05. The van der Waals surface area contributed by atoms with Gasteiger partial charge in [0.1, 0.15) is 18.5 Å². The number of hydrogen-bond acceptors (Lipinski definition) is 7. The van der Waals surface area contributed by atoms with Crippen molar-refractivity contribution in [1.82, 2.24) is 9.80 Å². The largest absolute Gasteiger partial charge is 0.491 e. The Labute approximate surface area is 183 Å². The van der Waals surface area contributed by atoms with E-state index in [0.29, 0.717) is 42.8 Å². The summed E-state index contributed by atoms with van der Waals surface area (Å²) in [5, 5.41) is 19.1. The molecule has 2 heterocycles. The number of ketones is 1. The zero-order valence-corrected chi connectivity index (χ0v) is 18.4. The minimum Gasteiger partial charge on any atom is -0.491 e. The number of amides is 1. The first-order chi connectivity index (χ1) is 14.7. The number of carbonyl (C=O) groups is 2. The Balaban J connectivity index is 1.37. The summed E-state index contributed by atoms with van der Waals surface area (Å²) in [7, 11) is 0. The first kappa shape index (κ1) is 23.0. The first-order valence-electron chi connectivity index (χ1n) is 10.6. The lowest BCUT2D eigenvalue weighted by Gasteiger charge is -2.24. The van der Waals surface area contributed by atoms with Crippen LogP contribution in [0.25, 0.3) is 0 Å². The van der Waals surface area contributed by atoms with Gasteiger partial charge < -0.3 is 19.5 Å². The highest BCUT2D eigenvalue weighted by atomic mass is 16.6. The fourth-order valence-corrected chi connectivity index (χ4v) is 3.99. The van der Waals surface area contributed by atoms with E-state index in [4.69, 9.17) is 14.7 Å². The van der Waals surface area contributed by atoms with Crippen molar-refractivity contribution in [3.63, 3.8) is 0 Å². The molecule has 0 aromatic heterocycles. The van der Waals surface area contributed by atoms with Crippen LogP contribution in [0, 0.1) is 28.6 Å². The Hall–Kier alpha value is -2.63. The number of carbonyl (C=O) groups excluding carboxylic acids is 2. The highest BCUT2D eigenvalue weighted by molar-refractivity contribution is 5.86. The van der Waals surface area contributed by atoms with Crippen LogP contribution in [0.4, 0.5) is 4.79 Å². The van der Waals surface area contributed by atoms with E-state index in [1.807, 2.05) is 20.8 Å². The molecule has 1 aromatic rings. The van der Waals surface area contributed by atoms with E-state index in [2.05, 4.69) is 11.0 Å². The molecule has 0 saturated carbocycles. The number of likely N-dealkylation sites (tertiary alicyclic amines) is 2. The standard InChI is InChI=1S/C23H31N3O5/c1-23(2,3)21(28)15-31-22(29)26-11-17-9-25(10-18(17)12-26)13-19(27)14-30-20-6-4-16(8-24)5-7-20/h4-7,17-19,27H,9-15H2,1-3H3/t17?,18?,19-/m0/s1. The summed E-state index contributed by atoms with van der Waals surface area (Å²) in [6.45, 7) is 8.76. The number of hydrogen-bond donors (Lipinski definition) is 1. The summed E-state index contributed by atoms with van der Waals surface area (Å²) in [4.78, 5) is 28.1. The predicted molar refractivity (Wildman–Crippen MR) is 113 cm³/mol. The molecule has 1 N–H and O–H groups in total. The lowest BCUT2D eigenvalue weighted by atomic mass is 9.91. The maximum atomic E-state index is 12.3. The van der Waals surface area contributed by atoms with Gasteiger partial charge in [-0.2, -0.15) is 5.26 Å². The van der Waals surface area contributed by atoms with Gasteiger partial charge >= 0.3 is 6.09 Å². The number of aliphatic hydroxyl groups excluding tert-OH is 1. The van der Waals surface area contributed by atoms with Gasteiger partial charge in [0, 0.05) is 38.1 Å². The molecular weight excluding hydrogens is 398 g/mol. The molecule has 8 heteroatoms. The van der Waals surface area contributed by atoms with Crippen LogP contribution in [-0.4, -0.2) is 78.8 Å². The van der Waals surface area contributed by atoms with Crippen molar-refractivity contribution in [3.05, 3.63) is 29.8 Å². The molecule has 0 aliphatic carbocycles. The summed E-state index contributed by atoms with van der Waals surface area (Å²) in [5.41, 5.74) is 0.0441. The Morgan fingerprint density at radius 1 is 1.16 bits per heavy atom. The second-order valence-corrected chi connectivity index (χ2v) is 9.47. The zero-order chi connectivity index (χ0) is 22.6. The van der Waals surface area contributed by atoms with Gasteiger partial charge in [-0.05, 0) is 36.1 Å². The predicted octanol–water partition coefficient (Wildman–Crippen LogP) is 1.91. The fraction of sp³-hybridized carbons (Fsp3) is 0.609. The SMILES string of the molecule is CC(C)(C)C(=O)COC(=O)N1CC2CN(C[C@H](O)COc3ccc(C#N)cc3)CC2C1. The normalized spacial score (nSPS) is 22.0. The molecule has 3 atom stereocenters. The van der Waals surface area contributed by atoms with Crippen LogP contribution in [-0.2, 0) is 9.53 Å². The van der Waals surface area contributed by atoms with E-state index in [1.54, 1.807) is 29.2 Å². The van der Waals surface area contributed by atoms with Gasteiger partial charge in [-0.3, -0.25) is 9.69 Å². The van der Waals surface area contributed by atoms with E-state index < -0.39 is 17.6 Å². The molecule has 3 rings (SSSR count). The average molecular weight is 430 g/mol. The van der Waals surface area contributed by atoms with Crippen LogP contribution in [0.15, 0.2) is 24.3 Å². The minimum absolute atomic E-state index is 0.0939. The molecule has 2 fully saturated rings. The molecule has 2 aliphatic heterocycles. The van der Waals surface area contributed by atoms with Crippen molar-refractivity contribution >= 4 is 11.9 Å². The maximum absolute atomic E-state index is 12.3. The van der Waals surface area contributed by atoms with Crippen molar-refractivity contribution in [2.24, 2.45) is 17.3 Å². The van der Waals surface area contributed by atoms with Gasteiger partial charge in [0.15, 0.2) is 12.4 Å². The van der Waals surface area contributed by atoms with Crippen molar-refractivity contribution in [3.8, 4) is 11.8 Å². The van der Waals surface area contributed by atoms with E-state index >= 15 is 0 Å². The van der Waals surface area contributed by atoms with Crippen molar-refractivity contribution in [2.45, 2.75) is 26.9 Å². The topological polar surface area (TPSA) is 103 Å². The number of Topliss-reactive ketones (excluding diaryl/α,β-unsaturated/α-hetero) is 1. The van der Waals surface area contributed by atoms with Gasteiger partial charge in [0.05, 0.1) is 11.6 Å². The van der Waals surface area contributed by atoms with Crippen LogP contribution in [0.2, 0.25) is 0 Å². The lowest BCUT2D eigenvalue weighted by Crippen LogP contribution is -2.38. The smallest absolute Gasteiger partial charge is 0.410 e. The summed E-state index contributed by atoms with van der Waals surface area (Å²) in [5.74, 6) is 1.22. The number of β-amino-alcohol motifs (C(OH)–C–C–N with tert-alkyl or cyclic N) is 1. The molecule has 31 heavy (non-hydrogen) atoms. The van der Waals surface area contributed by atoms with Crippen LogP contribution in [0.3, 0.4) is 0 Å². The van der Waals surface area contributed by atoms with Crippen molar-refractivity contribution < 1.29 is 24.2 Å². The van der Waals surface area contributed by atoms with E-state index in [1.165, 1.54) is 0 Å². The van der Waals surface area contributed by atoms with Crippen LogP contribution in [0.5, 0.6) is 5.75 Å². The molecule has 1 aromatic carbocycles. The van der Waals surface area contributed by atoms with Gasteiger partial charge in [0.2, 0.25) is 0 Å². The second-order valence-electron chi connectivity index (χ2n) is 9.47. The third-order valence-corrected chi connectivity index (χ3v) is 5.88. The molecule has 2 saturated heterocycles. The third kappa shape index (κ3) is 6.18. The summed E-state index contributed by atoms with van der Waals surface area (Å²) < 4.78 is 10.8. The number of rotatable bonds is 7. The Kier molecular flexibility index (Phi) is 7.19. The minimum atomic E-state index is -0.626. The van der Waals surface area contributed by atoms with Gasteiger partial charge in [-0.1, -0.05) is 20.8 Å². The van der Waals surface area contributed by atoms with E-state index in [9.17, 15) is 14.7 Å². The number of benzene rings is 1. The summed E-state index contributed by atoms with van der Waals surface area (Å²) >= 11 is 0. The van der Waals surface area contributed by atoms with Gasteiger partial charge in [-0.25, -0.2) is 4.79 Å². The molecule has 8 nitrogen and oxygen atoms in total. The third-order valence-electron chi connectivity index (χ3n) is 5.88. The van der Waals surface area contributed by atoms with Crippen LogP contribution < -0.4 is 4.74 Å². The Morgan fingerprint density at radius 3 is 2.32 bits per heavy atom. The number of nitrogens with zero attached hydrogens (tertiary/aromatic N) is 3. The number of fused-ring (bicyclic) bond motifs is 1. The Bertz CT molecular complexity index is 813. The number of aliphatic hydroxyl groups is 1. The van der Waals surface area contributed by atoms with Crippen molar-refractivity contribution in [1.29, 1.82) is 5.26 Å². The fourth-order valence-electron chi connectivity index (χ4n) is 3.99. The average Bonchev–Trinajstić information content (AvgIpc) is 3.28. The maximum Gasteiger partial charge on any atom is 0.410 e. The summed E-state index contributed by atoms with van der Waals surface area (Å²) in [6, 6.07) is 8.85. The molecule has 0 bridgehead atoms. The molecule has 0 radical (unpaired) electrons. The molecular formula is C23H31N3O5. The second kappa shape index (κ2) is 9.67. The lowest BCUT2D eigenvalue weighted by molar-refractivity contribution is -0.129. The monoisotopic (exact) mass is 429 g/mol. The van der Waals surface area contributed by atoms with E-state index in [0.717, 1.165) is 13.1 Å². The Morgan fingerprint density at radius 2 is 1.77 bits per heavy atom. The van der Waals surface area contributed by atoms with Crippen LogP contribution in [0.1, 0.15) is 26.3 Å². The number of nitriles is 1. The quantitative estimate of drug-likeness (QED) is 0.706. The highest BCUT2D eigenvalue weighted by Gasteiger charge is 2.42. The van der Waals surface area contributed by atoms with E-state index in [-0.39, 0.29) is 19.0 Å². The van der Waals surface area contributed by atoms with Gasteiger partial charge in [0.25, 0.3) is 0 Å². The van der Waals surface area contributed by atoms with Crippen molar-refractivity contribution in [2.75, 3.05) is 45.9 Å². The molecule has 0 spiro atoms. The number of ether oxygens (including phenoxy) is 2. The molecule has 2 aliphatic rings. The first-order valence-corrected chi connectivity index (χ1v) is 10.6. The molecule has 2 unspecified atom stereocenters. The van der Waals surface area contributed by atoms with Crippen LogP contribution >= 0.6 is 0 Å².